The molecule has 2 nitrogen and oxygen atoms in total. The van der Waals surface area contributed by atoms with E-state index in [1.54, 1.807) is 12.1 Å². The number of aryl methyl sites for hydroxylation is 1. The van der Waals surface area contributed by atoms with E-state index >= 15 is 0 Å². The van der Waals surface area contributed by atoms with E-state index in [2.05, 4.69) is 5.32 Å². The molecule has 1 atom stereocenters. The third kappa shape index (κ3) is 2.55. The van der Waals surface area contributed by atoms with Crippen LogP contribution in [0.4, 0.5) is 4.39 Å². The molecule has 0 saturated heterocycles. The van der Waals surface area contributed by atoms with Gasteiger partial charge in [-0.2, -0.15) is 0 Å². The first-order chi connectivity index (χ1) is 10.1. The highest BCUT2D eigenvalue weighted by Gasteiger charge is 2.19. The Morgan fingerprint density at radius 1 is 1.19 bits per heavy atom. The van der Waals surface area contributed by atoms with Gasteiger partial charge in [0, 0.05) is 5.39 Å². The van der Waals surface area contributed by atoms with Crippen molar-refractivity contribution in [3.63, 3.8) is 0 Å². The van der Waals surface area contributed by atoms with E-state index < -0.39 is 0 Å². The van der Waals surface area contributed by atoms with Gasteiger partial charge in [0.25, 0.3) is 0 Å². The topological polar surface area (TPSA) is 25.2 Å². The van der Waals surface area contributed by atoms with Gasteiger partial charge >= 0.3 is 0 Å². The lowest BCUT2D eigenvalue weighted by atomic mass is 9.99. The molecule has 0 bridgehead atoms. The molecule has 1 heterocycles. The number of furan rings is 1. The second-order valence-corrected chi connectivity index (χ2v) is 5.44. The molecule has 0 aliphatic rings. The largest absolute Gasteiger partial charge is 0.457 e. The van der Waals surface area contributed by atoms with Gasteiger partial charge in [0.15, 0.2) is 5.58 Å². The number of rotatable bonds is 3. The molecule has 0 radical (unpaired) electrons. The molecule has 0 saturated carbocycles. The van der Waals surface area contributed by atoms with E-state index in [4.69, 9.17) is 16.0 Å². The van der Waals surface area contributed by atoms with Gasteiger partial charge in [-0.1, -0.05) is 29.8 Å². The first-order valence-corrected chi connectivity index (χ1v) is 7.09. The van der Waals surface area contributed by atoms with Gasteiger partial charge in [0.2, 0.25) is 0 Å². The first-order valence-electron chi connectivity index (χ1n) is 6.71. The second-order valence-electron chi connectivity index (χ2n) is 5.03. The van der Waals surface area contributed by atoms with Crippen LogP contribution < -0.4 is 5.32 Å². The smallest absolute Gasteiger partial charge is 0.152 e. The standard InChI is InChI=1S/C17H15ClFNO/c1-10-8-12(19)6-7-13(10)16(20-2)15-9-11-4-3-5-14(18)17(11)21-15/h3-9,16,20H,1-2H3. The van der Waals surface area contributed by atoms with Crippen molar-refractivity contribution in [3.8, 4) is 0 Å². The van der Waals surface area contributed by atoms with Crippen LogP contribution in [0.15, 0.2) is 46.9 Å². The third-order valence-corrected chi connectivity index (χ3v) is 3.93. The van der Waals surface area contributed by atoms with Crippen LogP contribution in [0.1, 0.15) is 22.9 Å². The maximum atomic E-state index is 13.3. The zero-order valence-corrected chi connectivity index (χ0v) is 12.5. The number of hydrogen-bond acceptors (Lipinski definition) is 2. The third-order valence-electron chi connectivity index (χ3n) is 3.63. The molecule has 0 aliphatic carbocycles. The highest BCUT2D eigenvalue weighted by Crippen LogP contribution is 2.32. The summed E-state index contributed by atoms with van der Waals surface area (Å²) in [4.78, 5) is 0. The van der Waals surface area contributed by atoms with E-state index in [9.17, 15) is 4.39 Å². The SMILES string of the molecule is CNC(c1cc2cccc(Cl)c2o1)c1ccc(F)cc1C. The minimum Gasteiger partial charge on any atom is -0.457 e. The molecule has 1 unspecified atom stereocenters. The number of hydrogen-bond donors (Lipinski definition) is 1. The summed E-state index contributed by atoms with van der Waals surface area (Å²) in [6.07, 6.45) is 0. The molecule has 0 fully saturated rings. The minimum atomic E-state index is -0.237. The number of para-hydroxylation sites is 1. The van der Waals surface area contributed by atoms with Crippen molar-refractivity contribution < 1.29 is 8.81 Å². The Hall–Kier alpha value is -1.84. The van der Waals surface area contributed by atoms with Crippen molar-refractivity contribution in [2.45, 2.75) is 13.0 Å². The zero-order valence-electron chi connectivity index (χ0n) is 11.8. The summed E-state index contributed by atoms with van der Waals surface area (Å²) in [5.41, 5.74) is 2.53. The van der Waals surface area contributed by atoms with Crippen molar-refractivity contribution >= 4 is 22.6 Å². The van der Waals surface area contributed by atoms with Crippen molar-refractivity contribution in [3.05, 3.63) is 70.2 Å². The van der Waals surface area contributed by atoms with E-state index in [0.29, 0.717) is 10.6 Å². The normalized spacial score (nSPS) is 12.8. The molecule has 21 heavy (non-hydrogen) atoms. The van der Waals surface area contributed by atoms with E-state index in [-0.39, 0.29) is 11.9 Å². The Labute approximate surface area is 127 Å². The number of halogens is 2. The number of fused-ring (bicyclic) bond motifs is 1. The number of nitrogens with one attached hydrogen (secondary N) is 1. The van der Waals surface area contributed by atoms with Crippen molar-refractivity contribution in [1.29, 1.82) is 0 Å². The van der Waals surface area contributed by atoms with Crippen LogP contribution >= 0.6 is 11.6 Å². The lowest BCUT2D eigenvalue weighted by Gasteiger charge is -2.16. The molecule has 3 aromatic rings. The van der Waals surface area contributed by atoms with E-state index in [1.807, 2.05) is 32.2 Å². The average Bonchev–Trinajstić information content (AvgIpc) is 2.87. The summed E-state index contributed by atoms with van der Waals surface area (Å²) in [6, 6.07) is 12.2. The Balaban J connectivity index is 2.11. The summed E-state index contributed by atoms with van der Waals surface area (Å²) >= 11 is 6.15. The van der Waals surface area contributed by atoms with Crippen molar-refractivity contribution in [1.82, 2.24) is 5.32 Å². The lowest BCUT2D eigenvalue weighted by molar-refractivity contribution is 0.490. The molecular formula is C17H15ClFNO. The maximum Gasteiger partial charge on any atom is 0.152 e. The Bertz CT molecular complexity index is 797. The predicted molar refractivity (Wildman–Crippen MR) is 83.3 cm³/mol. The zero-order chi connectivity index (χ0) is 15.0. The fourth-order valence-electron chi connectivity index (χ4n) is 2.60. The van der Waals surface area contributed by atoms with Crippen LogP contribution in [-0.2, 0) is 0 Å². The molecule has 0 aliphatic heterocycles. The van der Waals surface area contributed by atoms with Crippen LogP contribution in [-0.4, -0.2) is 7.05 Å². The quantitative estimate of drug-likeness (QED) is 0.749. The summed E-state index contributed by atoms with van der Waals surface area (Å²) in [7, 11) is 1.85. The van der Waals surface area contributed by atoms with Gasteiger partial charge in [-0.3, -0.25) is 0 Å². The summed E-state index contributed by atoms with van der Waals surface area (Å²) in [6.45, 7) is 1.89. The molecule has 3 rings (SSSR count). The molecule has 108 valence electrons. The second kappa shape index (κ2) is 5.51. The summed E-state index contributed by atoms with van der Waals surface area (Å²) in [5, 5.41) is 4.76. The highest BCUT2D eigenvalue weighted by molar-refractivity contribution is 6.34. The molecule has 4 heteroatoms. The van der Waals surface area contributed by atoms with Gasteiger partial charge in [-0.15, -0.1) is 0 Å². The fraction of sp³-hybridized carbons (Fsp3) is 0.176. The summed E-state index contributed by atoms with van der Waals surface area (Å²) < 4.78 is 19.2. The van der Waals surface area contributed by atoms with Gasteiger partial charge in [0.05, 0.1) is 11.1 Å². The monoisotopic (exact) mass is 303 g/mol. The Morgan fingerprint density at radius 2 is 2.00 bits per heavy atom. The molecular weight excluding hydrogens is 289 g/mol. The number of benzene rings is 2. The highest BCUT2D eigenvalue weighted by atomic mass is 35.5. The van der Waals surface area contributed by atoms with E-state index in [0.717, 1.165) is 22.3 Å². The fourth-order valence-corrected chi connectivity index (χ4v) is 2.82. The molecule has 1 N–H and O–H groups in total. The van der Waals surface area contributed by atoms with Gasteiger partial charge in [-0.05, 0) is 49.4 Å². The Morgan fingerprint density at radius 3 is 2.67 bits per heavy atom. The predicted octanol–water partition coefficient (Wildman–Crippen LogP) is 4.84. The maximum absolute atomic E-state index is 13.3. The van der Waals surface area contributed by atoms with Crippen LogP contribution in [0.25, 0.3) is 11.0 Å². The van der Waals surface area contributed by atoms with E-state index in [1.165, 1.54) is 12.1 Å². The van der Waals surface area contributed by atoms with Gasteiger partial charge in [-0.25, -0.2) is 4.39 Å². The van der Waals surface area contributed by atoms with Crippen LogP contribution in [0, 0.1) is 12.7 Å². The lowest BCUT2D eigenvalue weighted by Crippen LogP contribution is -2.18. The molecule has 0 amide bonds. The molecule has 2 aromatic carbocycles. The molecule has 0 spiro atoms. The van der Waals surface area contributed by atoms with Crippen LogP contribution in [0.5, 0.6) is 0 Å². The molecule has 1 aromatic heterocycles. The summed E-state index contributed by atoms with van der Waals surface area (Å²) in [5.74, 6) is 0.522. The average molecular weight is 304 g/mol. The van der Waals surface area contributed by atoms with Crippen LogP contribution in [0.3, 0.4) is 0 Å². The Kier molecular flexibility index (Phi) is 3.70. The van der Waals surface area contributed by atoms with Crippen molar-refractivity contribution in [2.24, 2.45) is 0 Å². The first kappa shape index (κ1) is 14.1. The van der Waals surface area contributed by atoms with Crippen molar-refractivity contribution in [2.75, 3.05) is 7.05 Å². The minimum absolute atomic E-state index is 0.144. The van der Waals surface area contributed by atoms with Gasteiger partial charge in [0.1, 0.15) is 11.6 Å². The van der Waals surface area contributed by atoms with Crippen LogP contribution in [0.2, 0.25) is 5.02 Å². The van der Waals surface area contributed by atoms with Gasteiger partial charge < -0.3 is 9.73 Å².